The number of aromatic nitrogens is 3. The first-order valence-electron chi connectivity index (χ1n) is 2.64. The van der Waals surface area contributed by atoms with Crippen molar-refractivity contribution in [3.8, 4) is 6.01 Å². The first-order chi connectivity index (χ1) is 4.86. The minimum atomic E-state index is 0.361. The second-order valence-corrected chi connectivity index (χ2v) is 2.23. The summed E-state index contributed by atoms with van der Waals surface area (Å²) in [6.45, 7) is 0. The molecule has 0 aromatic carbocycles. The molecule has 0 saturated carbocycles. The second kappa shape index (κ2) is 3.36. The van der Waals surface area contributed by atoms with E-state index in [0.29, 0.717) is 11.2 Å². The maximum Gasteiger partial charge on any atom is 0.320 e. The van der Waals surface area contributed by atoms with Crippen LogP contribution in [-0.2, 0) is 0 Å². The fourth-order valence-corrected chi connectivity index (χ4v) is 0.786. The van der Waals surface area contributed by atoms with Crippen LogP contribution in [0, 0.1) is 0 Å². The first kappa shape index (κ1) is 7.27. The fourth-order valence-electron chi connectivity index (χ4n) is 0.464. The lowest BCUT2D eigenvalue weighted by molar-refractivity contribution is 0.372. The van der Waals surface area contributed by atoms with Crippen molar-refractivity contribution < 1.29 is 4.74 Å². The molecule has 1 heterocycles. The van der Waals surface area contributed by atoms with Crippen molar-refractivity contribution in [2.75, 3.05) is 13.4 Å². The van der Waals surface area contributed by atoms with Gasteiger partial charge in [0.2, 0.25) is 0 Å². The highest BCUT2D eigenvalue weighted by molar-refractivity contribution is 7.98. The Morgan fingerprint density at radius 1 is 1.50 bits per heavy atom. The van der Waals surface area contributed by atoms with Crippen LogP contribution < -0.4 is 4.74 Å². The molecule has 0 aliphatic carbocycles. The molecule has 0 saturated heterocycles. The molecule has 5 heteroatoms. The van der Waals surface area contributed by atoms with Gasteiger partial charge in [-0.15, -0.1) is 0 Å². The van der Waals surface area contributed by atoms with E-state index in [9.17, 15) is 0 Å². The van der Waals surface area contributed by atoms with E-state index >= 15 is 0 Å². The number of hydrogen-bond donors (Lipinski definition) is 0. The molecule has 1 aromatic rings. The van der Waals surface area contributed by atoms with Gasteiger partial charge in [0, 0.05) is 0 Å². The molecule has 1 aromatic heterocycles. The molecule has 0 spiro atoms. The summed E-state index contributed by atoms with van der Waals surface area (Å²) in [5.74, 6) is 0. The number of nitrogens with zero attached hydrogens (tertiary/aromatic N) is 3. The molecule has 0 aliphatic heterocycles. The molecule has 1 rings (SSSR count). The Balaban J connectivity index is 2.87. The van der Waals surface area contributed by atoms with Crippen molar-refractivity contribution in [1.29, 1.82) is 0 Å². The van der Waals surface area contributed by atoms with Gasteiger partial charge in [-0.3, -0.25) is 0 Å². The lowest BCUT2D eigenvalue weighted by Gasteiger charge is -1.96. The quantitative estimate of drug-likeness (QED) is 0.588. The molecule has 0 atom stereocenters. The van der Waals surface area contributed by atoms with E-state index in [-0.39, 0.29) is 0 Å². The molecule has 54 valence electrons. The monoisotopic (exact) mass is 157 g/mol. The van der Waals surface area contributed by atoms with Crippen molar-refractivity contribution in [1.82, 2.24) is 15.0 Å². The van der Waals surface area contributed by atoms with E-state index in [1.54, 1.807) is 0 Å². The van der Waals surface area contributed by atoms with Crippen LogP contribution in [0.3, 0.4) is 0 Å². The molecular formula is C5H7N3OS. The summed E-state index contributed by atoms with van der Waals surface area (Å²) in [5, 5.41) is 0.673. The zero-order valence-electron chi connectivity index (χ0n) is 5.74. The van der Waals surface area contributed by atoms with Crippen LogP contribution in [0.5, 0.6) is 6.01 Å². The zero-order valence-corrected chi connectivity index (χ0v) is 6.55. The summed E-state index contributed by atoms with van der Waals surface area (Å²) in [6, 6.07) is 0.361. The van der Waals surface area contributed by atoms with Crippen LogP contribution in [0.4, 0.5) is 0 Å². The van der Waals surface area contributed by atoms with Crippen LogP contribution in [0.2, 0.25) is 0 Å². The third kappa shape index (κ3) is 1.57. The van der Waals surface area contributed by atoms with Crippen molar-refractivity contribution >= 4 is 11.8 Å². The molecule has 0 radical (unpaired) electrons. The number of rotatable bonds is 2. The molecule has 0 amide bonds. The Morgan fingerprint density at radius 3 is 2.90 bits per heavy atom. The Labute approximate surface area is 63.1 Å². The Bertz CT molecular complexity index is 199. The maximum absolute atomic E-state index is 4.78. The highest BCUT2D eigenvalue weighted by atomic mass is 32.2. The van der Waals surface area contributed by atoms with Crippen LogP contribution >= 0.6 is 11.8 Å². The summed E-state index contributed by atoms with van der Waals surface area (Å²) >= 11 is 1.46. The largest absolute Gasteiger partial charge is 0.467 e. The van der Waals surface area contributed by atoms with Gasteiger partial charge in [0.05, 0.1) is 7.11 Å². The summed E-state index contributed by atoms with van der Waals surface area (Å²) < 4.78 is 4.78. The molecule has 0 unspecified atom stereocenters. The van der Waals surface area contributed by atoms with Crippen molar-refractivity contribution in [2.24, 2.45) is 0 Å². The van der Waals surface area contributed by atoms with Crippen LogP contribution in [0.15, 0.2) is 11.5 Å². The molecule has 0 aliphatic rings. The third-order valence-electron chi connectivity index (χ3n) is 0.893. The molecule has 4 nitrogen and oxygen atoms in total. The van der Waals surface area contributed by atoms with Crippen LogP contribution in [0.25, 0.3) is 0 Å². The minimum Gasteiger partial charge on any atom is -0.467 e. The molecule has 0 fully saturated rings. The highest BCUT2D eigenvalue weighted by Crippen LogP contribution is 2.08. The van der Waals surface area contributed by atoms with Gasteiger partial charge in [0.1, 0.15) is 6.33 Å². The summed E-state index contributed by atoms with van der Waals surface area (Å²) in [6.07, 6.45) is 3.33. The van der Waals surface area contributed by atoms with E-state index in [1.165, 1.54) is 25.2 Å². The Kier molecular flexibility index (Phi) is 2.44. The lowest BCUT2D eigenvalue weighted by atomic mass is 11.0. The number of thioether (sulfide) groups is 1. The molecule has 10 heavy (non-hydrogen) atoms. The van der Waals surface area contributed by atoms with Gasteiger partial charge in [-0.05, 0) is 6.26 Å². The van der Waals surface area contributed by atoms with Gasteiger partial charge >= 0.3 is 6.01 Å². The van der Waals surface area contributed by atoms with Crippen molar-refractivity contribution in [3.05, 3.63) is 6.33 Å². The van der Waals surface area contributed by atoms with E-state index in [4.69, 9.17) is 4.74 Å². The topological polar surface area (TPSA) is 47.9 Å². The third-order valence-corrected chi connectivity index (χ3v) is 1.45. The van der Waals surface area contributed by atoms with Gasteiger partial charge < -0.3 is 4.74 Å². The van der Waals surface area contributed by atoms with Crippen LogP contribution in [-0.4, -0.2) is 28.3 Å². The van der Waals surface area contributed by atoms with E-state index in [2.05, 4.69) is 15.0 Å². The predicted molar refractivity (Wildman–Crippen MR) is 38.2 cm³/mol. The summed E-state index contributed by atoms with van der Waals surface area (Å²) in [5.41, 5.74) is 0. The van der Waals surface area contributed by atoms with Gasteiger partial charge in [-0.1, -0.05) is 11.8 Å². The van der Waals surface area contributed by atoms with E-state index in [0.717, 1.165) is 0 Å². The van der Waals surface area contributed by atoms with Crippen molar-refractivity contribution in [3.63, 3.8) is 0 Å². The second-order valence-electron chi connectivity index (χ2n) is 1.46. The highest BCUT2D eigenvalue weighted by Gasteiger charge is 1.96. The summed E-state index contributed by atoms with van der Waals surface area (Å²) in [7, 11) is 1.53. The Morgan fingerprint density at radius 2 is 2.30 bits per heavy atom. The van der Waals surface area contributed by atoms with Gasteiger partial charge in [-0.25, -0.2) is 4.98 Å². The molecule has 0 bridgehead atoms. The van der Waals surface area contributed by atoms with Gasteiger partial charge in [-0.2, -0.15) is 9.97 Å². The van der Waals surface area contributed by atoms with E-state index in [1.807, 2.05) is 6.26 Å². The fraction of sp³-hybridized carbons (Fsp3) is 0.400. The van der Waals surface area contributed by atoms with Crippen molar-refractivity contribution in [2.45, 2.75) is 5.16 Å². The average molecular weight is 157 g/mol. The smallest absolute Gasteiger partial charge is 0.320 e. The number of hydrogen-bond acceptors (Lipinski definition) is 5. The minimum absolute atomic E-state index is 0.361. The number of ether oxygens (including phenoxy) is 1. The van der Waals surface area contributed by atoms with Gasteiger partial charge in [0.15, 0.2) is 5.16 Å². The maximum atomic E-state index is 4.78. The van der Waals surface area contributed by atoms with Gasteiger partial charge in [0.25, 0.3) is 0 Å². The SMILES string of the molecule is COc1ncnc(SC)n1. The first-order valence-corrected chi connectivity index (χ1v) is 3.86. The average Bonchev–Trinajstić information content (AvgIpc) is 2.05. The Hall–Kier alpha value is -0.840. The standard InChI is InChI=1S/C5H7N3OS/c1-9-4-6-3-7-5(8-4)10-2/h3H,1-2H3. The zero-order chi connectivity index (χ0) is 7.40. The number of methoxy groups -OCH3 is 1. The summed E-state index contributed by atoms with van der Waals surface area (Å²) in [4.78, 5) is 11.5. The lowest BCUT2D eigenvalue weighted by Crippen LogP contribution is -1.93. The molecule has 0 N–H and O–H groups in total. The van der Waals surface area contributed by atoms with Crippen LogP contribution in [0.1, 0.15) is 0 Å². The normalized spacial score (nSPS) is 9.40. The van der Waals surface area contributed by atoms with E-state index < -0.39 is 0 Å². The molecular weight excluding hydrogens is 150 g/mol. The predicted octanol–water partition coefficient (Wildman–Crippen LogP) is 0.602.